The zero-order valence-electron chi connectivity index (χ0n) is 36.3. The van der Waals surface area contributed by atoms with Gasteiger partial charge in [-0.15, -0.1) is 0 Å². The Bertz CT molecular complexity index is 2140. The van der Waals surface area contributed by atoms with Crippen LogP contribution in [0.4, 0.5) is 4.39 Å². The highest BCUT2D eigenvalue weighted by Gasteiger charge is 2.60. The van der Waals surface area contributed by atoms with Gasteiger partial charge in [0.1, 0.15) is 36.1 Å². The van der Waals surface area contributed by atoms with Crippen LogP contribution in [0.5, 0.6) is 5.88 Å². The van der Waals surface area contributed by atoms with Crippen molar-refractivity contribution in [3.8, 4) is 11.9 Å². The summed E-state index contributed by atoms with van der Waals surface area (Å²) in [4.78, 5) is 47.6. The van der Waals surface area contributed by atoms with Crippen LogP contribution in [0.25, 0.3) is 11.0 Å². The van der Waals surface area contributed by atoms with Crippen molar-refractivity contribution in [3.63, 3.8) is 0 Å². The molecule has 1 aliphatic carbocycles. The average molecular weight is 965 g/mol. The molecule has 3 N–H and O–H groups in total. The van der Waals surface area contributed by atoms with Crippen molar-refractivity contribution in [1.29, 1.82) is 5.26 Å². The molecule has 0 aromatic carbocycles. The molecule has 1 saturated carbocycles. The van der Waals surface area contributed by atoms with E-state index in [0.29, 0.717) is 5.88 Å². The van der Waals surface area contributed by atoms with Crippen molar-refractivity contribution in [3.05, 3.63) is 47.3 Å². The molecule has 0 amide bonds. The fourth-order valence-electron chi connectivity index (χ4n) is 8.02. The Morgan fingerprint density at radius 2 is 1.79 bits per heavy atom. The van der Waals surface area contributed by atoms with E-state index in [4.69, 9.17) is 47.9 Å². The first-order valence-corrected chi connectivity index (χ1v) is 28.3. The number of nitriles is 1. The zero-order chi connectivity index (χ0) is 45.7. The number of aromatic nitrogens is 5. The summed E-state index contributed by atoms with van der Waals surface area (Å²) in [6.07, 6.45) is -0.976. The molecular weight excluding hydrogens is 906 g/mol. The van der Waals surface area contributed by atoms with Crippen LogP contribution in [0.3, 0.4) is 0 Å². The van der Waals surface area contributed by atoms with Crippen molar-refractivity contribution in [2.24, 2.45) is 13.0 Å². The van der Waals surface area contributed by atoms with Crippen LogP contribution in [0.15, 0.2) is 35.9 Å². The number of nitrogens with zero attached hydrogens (tertiary/aromatic N) is 6. The lowest BCUT2D eigenvalue weighted by Crippen LogP contribution is -2.62. The average Bonchev–Trinajstić information content (AvgIpc) is 3.86. The molecule has 346 valence electrons. The molecular formula is C37H59FN6O13P2SSi2. The molecule has 0 bridgehead atoms. The number of hydrogen-bond donors (Lipinski definition) is 3. The normalized spacial score (nSPS) is 25.0. The summed E-state index contributed by atoms with van der Waals surface area (Å²) < 4.78 is 81.7. The SMILES string of the molecule is CC(C)[Si](O)(O[Si](O[C@H]1[C@@H](O[P@](=S)(OCCC#N)OC[C@H]2C[C@@H](Oc3ccncn3)C[C@@H]2O[PH](=O)O)[C@H](n2cc(F)c3c(=O)n(C)cnc32)O[C@@H]1CO)(C(C)C)C(C)C)C(C)C. The Hall–Kier alpha value is -2.37. The highest BCUT2D eigenvalue weighted by molar-refractivity contribution is 8.07. The third-order valence-corrected chi connectivity index (χ3v) is 23.9. The van der Waals surface area contributed by atoms with Gasteiger partial charge in [0.2, 0.25) is 5.88 Å². The maximum absolute atomic E-state index is 15.8. The maximum atomic E-state index is 15.8. The third-order valence-electron chi connectivity index (χ3n) is 11.3. The van der Waals surface area contributed by atoms with Crippen LogP contribution in [-0.4, -0.2) is 106 Å². The number of aryl methyl sites for hydroxylation is 1. The van der Waals surface area contributed by atoms with Gasteiger partial charge in [0, 0.05) is 37.8 Å². The number of rotatable bonds is 22. The van der Waals surface area contributed by atoms with Gasteiger partial charge in [-0.3, -0.25) is 13.9 Å². The van der Waals surface area contributed by atoms with Gasteiger partial charge in [-0.05, 0) is 40.4 Å². The quantitative estimate of drug-likeness (QED) is 0.0626. The predicted molar refractivity (Wildman–Crippen MR) is 233 cm³/mol. The fraction of sp³-hybridized carbons (Fsp3) is 0.703. The van der Waals surface area contributed by atoms with Crippen molar-refractivity contribution in [1.82, 2.24) is 24.1 Å². The molecule has 9 atom stereocenters. The van der Waals surface area contributed by atoms with E-state index in [0.717, 1.165) is 10.8 Å². The first-order valence-electron chi connectivity index (χ1n) is 20.5. The summed E-state index contributed by atoms with van der Waals surface area (Å²) in [7, 11) is -9.14. The zero-order valence-corrected chi connectivity index (χ0v) is 41.0. The van der Waals surface area contributed by atoms with Gasteiger partial charge in [-0.25, -0.2) is 19.3 Å². The Morgan fingerprint density at radius 1 is 1.10 bits per heavy atom. The number of aliphatic hydroxyl groups is 1. The summed E-state index contributed by atoms with van der Waals surface area (Å²) in [5.41, 5.74) is -1.79. The van der Waals surface area contributed by atoms with Crippen molar-refractivity contribution in [2.75, 3.05) is 19.8 Å². The molecule has 2 aliphatic rings. The largest absolute Gasteiger partial charge is 0.474 e. The molecule has 3 aromatic heterocycles. The van der Waals surface area contributed by atoms with E-state index in [1.54, 1.807) is 6.07 Å². The summed E-state index contributed by atoms with van der Waals surface area (Å²) in [5, 5.41) is 20.1. The smallest absolute Gasteiger partial charge is 0.335 e. The Balaban J connectivity index is 1.60. The molecule has 0 radical (unpaired) electrons. The highest BCUT2D eigenvalue weighted by Crippen LogP contribution is 2.57. The number of hydrogen-bond acceptors (Lipinski definition) is 17. The van der Waals surface area contributed by atoms with Gasteiger partial charge in [0.15, 0.2) is 17.7 Å². The van der Waals surface area contributed by atoms with E-state index in [2.05, 4.69) is 15.0 Å². The second kappa shape index (κ2) is 21.3. The van der Waals surface area contributed by atoms with Gasteiger partial charge in [0.25, 0.3) is 5.56 Å². The second-order valence-electron chi connectivity index (χ2n) is 16.8. The highest BCUT2D eigenvalue weighted by atomic mass is 32.5. The minimum Gasteiger partial charge on any atom is -0.474 e. The number of aliphatic hydroxyl groups excluding tert-OH is 1. The summed E-state index contributed by atoms with van der Waals surface area (Å²) in [6.45, 7) is 10.2. The molecule has 5 rings (SSSR count). The Kier molecular flexibility index (Phi) is 17.4. The Morgan fingerprint density at radius 3 is 2.37 bits per heavy atom. The van der Waals surface area contributed by atoms with E-state index >= 15 is 4.39 Å². The first kappa shape index (κ1) is 50.6. The first-order chi connectivity index (χ1) is 29.2. The van der Waals surface area contributed by atoms with Crippen LogP contribution in [0.1, 0.15) is 80.9 Å². The molecule has 3 aromatic rings. The predicted octanol–water partition coefficient (Wildman–Crippen LogP) is 5.65. The van der Waals surface area contributed by atoms with Crippen molar-refractivity contribution in [2.45, 2.75) is 134 Å². The monoisotopic (exact) mass is 964 g/mol. The third kappa shape index (κ3) is 11.2. The molecule has 1 aliphatic heterocycles. The molecule has 2 fully saturated rings. The van der Waals surface area contributed by atoms with E-state index in [-0.39, 0.29) is 65.7 Å². The molecule has 1 unspecified atom stereocenters. The van der Waals surface area contributed by atoms with Crippen LogP contribution in [0.2, 0.25) is 22.2 Å². The second-order valence-corrected chi connectivity index (χ2v) is 29.1. The summed E-state index contributed by atoms with van der Waals surface area (Å²) in [6, 6.07) is 3.58. The van der Waals surface area contributed by atoms with Crippen LogP contribution in [-0.2, 0) is 54.8 Å². The van der Waals surface area contributed by atoms with Gasteiger partial charge in [0.05, 0.1) is 44.7 Å². The molecule has 4 heterocycles. The van der Waals surface area contributed by atoms with E-state index in [1.165, 1.54) is 30.5 Å². The molecule has 19 nitrogen and oxygen atoms in total. The lowest BCUT2D eigenvalue weighted by molar-refractivity contribution is -0.0508. The molecule has 62 heavy (non-hydrogen) atoms. The molecule has 0 spiro atoms. The lowest BCUT2D eigenvalue weighted by Gasteiger charge is -2.47. The van der Waals surface area contributed by atoms with Crippen molar-refractivity contribution >= 4 is 54.9 Å². The minimum atomic E-state index is -4.05. The van der Waals surface area contributed by atoms with E-state index < -0.39 is 92.7 Å². The fourth-order valence-corrected chi connectivity index (χ4v) is 20.6. The number of ether oxygens (including phenoxy) is 2. The van der Waals surface area contributed by atoms with Gasteiger partial charge in [-0.2, -0.15) is 5.26 Å². The van der Waals surface area contributed by atoms with Gasteiger partial charge < -0.3 is 55.5 Å². The standard InChI is InChI=1S/C37H59FN6O13P2SSi2/c1-22(2)61(49,23(3)4)57-62(24(5)6,25(7)8)56-33-30(18-45)53-37(44-17-28(38)32-35(44)42-21-43(9)36(32)46)34(33)55-59(60,50-14-10-12-39)51-19-26-15-27(16-29(26)54-58(47)48)52-31-11-13-40-20-41-31/h11,13,17,20-27,29-30,33-34,37,45,49,58H,10,14-16,18-19H2,1-9H3,(H,47,48)/t26-,27-,29+,30-,33-,34-,37-,59+/m1/s1. The topological polar surface area (TPSA) is 241 Å². The molecule has 25 heteroatoms. The summed E-state index contributed by atoms with van der Waals surface area (Å²) in [5.74, 6) is -1.17. The van der Waals surface area contributed by atoms with E-state index in [9.17, 15) is 29.4 Å². The van der Waals surface area contributed by atoms with Crippen LogP contribution >= 0.6 is 15.0 Å². The summed E-state index contributed by atoms with van der Waals surface area (Å²) >= 11 is 6.08. The number of fused-ring (bicyclic) bond motifs is 1. The van der Waals surface area contributed by atoms with Crippen LogP contribution in [0, 0.1) is 23.1 Å². The Labute approximate surface area is 368 Å². The number of halogens is 1. The van der Waals surface area contributed by atoms with E-state index in [1.807, 2.05) is 61.5 Å². The van der Waals surface area contributed by atoms with Crippen LogP contribution < -0.4 is 10.3 Å². The van der Waals surface area contributed by atoms with Gasteiger partial charge >= 0.3 is 32.1 Å². The lowest BCUT2D eigenvalue weighted by atomic mass is 10.1. The maximum Gasteiger partial charge on any atom is 0.335 e. The minimum absolute atomic E-state index is 0.0880. The van der Waals surface area contributed by atoms with Crippen molar-refractivity contribution < 1.29 is 59.9 Å². The van der Waals surface area contributed by atoms with Gasteiger partial charge in [-0.1, -0.05) is 55.4 Å². The molecule has 1 saturated heterocycles.